The van der Waals surface area contributed by atoms with E-state index in [1.54, 1.807) is 6.07 Å². The molecule has 0 bridgehead atoms. The summed E-state index contributed by atoms with van der Waals surface area (Å²) < 4.78 is 0. The number of benzene rings is 1. The fraction of sp³-hybridized carbons (Fsp3) is 0.545. The van der Waals surface area contributed by atoms with Gasteiger partial charge in [0.2, 0.25) is 0 Å². The van der Waals surface area contributed by atoms with Crippen molar-refractivity contribution in [3.63, 3.8) is 0 Å². The van der Waals surface area contributed by atoms with Crippen LogP contribution in [-0.4, -0.2) is 10.2 Å². The highest BCUT2D eigenvalue weighted by molar-refractivity contribution is 5.57. The lowest BCUT2D eigenvalue weighted by Crippen LogP contribution is -1.83. The number of hydrogen-bond acceptors (Lipinski definition) is 2. The van der Waals surface area contributed by atoms with Gasteiger partial charge in [-0.25, -0.2) is 0 Å². The van der Waals surface area contributed by atoms with E-state index in [1.165, 1.54) is 44.6 Å². The minimum atomic E-state index is 0.0158. The second kappa shape index (κ2) is 12.4. The molecule has 2 nitrogen and oxygen atoms in total. The van der Waals surface area contributed by atoms with E-state index in [9.17, 15) is 10.2 Å². The van der Waals surface area contributed by atoms with Gasteiger partial charge in [0, 0.05) is 18.9 Å². The summed E-state index contributed by atoms with van der Waals surface area (Å²) >= 11 is 0. The van der Waals surface area contributed by atoms with E-state index in [0.29, 0.717) is 11.1 Å². The van der Waals surface area contributed by atoms with Crippen molar-refractivity contribution in [2.75, 3.05) is 0 Å². The van der Waals surface area contributed by atoms with Crippen molar-refractivity contribution in [2.24, 2.45) is 0 Å². The molecule has 0 aliphatic heterocycles. The first kappa shape index (κ1) is 20.0. The third-order valence-corrected chi connectivity index (χ3v) is 3.87. The van der Waals surface area contributed by atoms with E-state index in [2.05, 4.69) is 37.5 Å². The van der Waals surface area contributed by atoms with Gasteiger partial charge in [0.25, 0.3) is 0 Å². The molecule has 2 N–H and O–H groups in total. The lowest BCUT2D eigenvalue weighted by molar-refractivity contribution is 0.448. The molecule has 0 aromatic heterocycles. The Balaban J connectivity index is 2.65. The van der Waals surface area contributed by atoms with Gasteiger partial charge in [0.15, 0.2) is 0 Å². The van der Waals surface area contributed by atoms with Crippen LogP contribution in [0.3, 0.4) is 0 Å². The number of aromatic hydroxyl groups is 2. The topological polar surface area (TPSA) is 40.5 Å². The van der Waals surface area contributed by atoms with Gasteiger partial charge in [-0.15, -0.1) is 0 Å². The van der Waals surface area contributed by atoms with E-state index in [-0.39, 0.29) is 11.5 Å². The van der Waals surface area contributed by atoms with Crippen molar-refractivity contribution in [2.45, 2.75) is 78.1 Å². The summed E-state index contributed by atoms with van der Waals surface area (Å²) in [4.78, 5) is 0. The van der Waals surface area contributed by atoms with Crippen molar-refractivity contribution in [1.29, 1.82) is 0 Å². The van der Waals surface area contributed by atoms with Gasteiger partial charge in [0.1, 0.15) is 11.5 Å². The number of phenolic OH excluding ortho intramolecular Hbond substituents is 2. The Kier molecular flexibility index (Phi) is 10.3. The molecule has 0 fully saturated rings. The van der Waals surface area contributed by atoms with Crippen LogP contribution < -0.4 is 0 Å². The highest BCUT2D eigenvalue weighted by Gasteiger charge is 2.05. The van der Waals surface area contributed by atoms with Crippen LogP contribution in [0.2, 0.25) is 0 Å². The smallest absolute Gasteiger partial charge is 0.134 e. The second-order valence-corrected chi connectivity index (χ2v) is 6.11. The van der Waals surface area contributed by atoms with Crippen LogP contribution in [-0.2, 0) is 0 Å². The van der Waals surface area contributed by atoms with Crippen LogP contribution in [0.5, 0.6) is 11.5 Å². The molecule has 24 heavy (non-hydrogen) atoms. The van der Waals surface area contributed by atoms with Crippen LogP contribution in [0, 0.1) is 23.7 Å². The fourth-order valence-electron chi connectivity index (χ4n) is 2.37. The molecule has 0 spiro atoms. The number of hydrogen-bond donors (Lipinski definition) is 2. The van der Waals surface area contributed by atoms with Crippen molar-refractivity contribution in [3.8, 4) is 35.2 Å². The molecule has 0 amide bonds. The van der Waals surface area contributed by atoms with Crippen molar-refractivity contribution in [3.05, 3.63) is 23.3 Å². The quantitative estimate of drug-likeness (QED) is 0.472. The number of unbranched alkanes of at least 4 members (excludes halogenated alkanes) is 8. The first-order valence-electron chi connectivity index (χ1n) is 9.22. The van der Waals surface area contributed by atoms with E-state index >= 15 is 0 Å². The van der Waals surface area contributed by atoms with Gasteiger partial charge >= 0.3 is 0 Å². The van der Waals surface area contributed by atoms with E-state index in [1.807, 2.05) is 0 Å². The fourth-order valence-corrected chi connectivity index (χ4v) is 2.37. The van der Waals surface area contributed by atoms with Gasteiger partial charge in [-0.2, -0.15) is 0 Å². The third-order valence-electron chi connectivity index (χ3n) is 3.87. The zero-order chi connectivity index (χ0) is 17.6. The summed E-state index contributed by atoms with van der Waals surface area (Å²) in [5, 5.41) is 19.8. The standard InChI is InChI=1S/C22H30O2/c1-3-5-7-9-11-13-15-19-17-20(22(24)18-21(19)23)16-14-12-10-8-6-4-2/h17-18,23-24H,3-12H2,1-2H3. The first-order chi connectivity index (χ1) is 11.7. The van der Waals surface area contributed by atoms with Crippen LogP contribution in [0.15, 0.2) is 12.1 Å². The molecular weight excluding hydrogens is 296 g/mol. The zero-order valence-electron chi connectivity index (χ0n) is 15.1. The molecule has 0 atom stereocenters. The third kappa shape index (κ3) is 7.98. The number of rotatable bonds is 8. The summed E-state index contributed by atoms with van der Waals surface area (Å²) in [6, 6.07) is 3.02. The van der Waals surface area contributed by atoms with E-state index in [0.717, 1.165) is 25.7 Å². The first-order valence-corrected chi connectivity index (χ1v) is 9.22. The molecule has 2 heteroatoms. The highest BCUT2D eigenvalue weighted by Crippen LogP contribution is 2.26. The second-order valence-electron chi connectivity index (χ2n) is 6.11. The maximum Gasteiger partial charge on any atom is 0.134 e. The Bertz CT molecular complexity index is 557. The summed E-state index contributed by atoms with van der Waals surface area (Å²) in [6.07, 6.45) is 11.1. The van der Waals surface area contributed by atoms with Crippen LogP contribution in [0.1, 0.15) is 89.2 Å². The van der Waals surface area contributed by atoms with Crippen LogP contribution in [0.25, 0.3) is 0 Å². The van der Waals surface area contributed by atoms with Crippen molar-refractivity contribution < 1.29 is 10.2 Å². The molecule has 0 saturated heterocycles. The minimum absolute atomic E-state index is 0.0158. The lowest BCUT2D eigenvalue weighted by atomic mass is 10.1. The molecule has 1 aromatic rings. The summed E-state index contributed by atoms with van der Waals surface area (Å²) in [6.45, 7) is 4.37. The monoisotopic (exact) mass is 326 g/mol. The summed E-state index contributed by atoms with van der Waals surface area (Å²) in [5.74, 6) is 12.2. The predicted molar refractivity (Wildman–Crippen MR) is 101 cm³/mol. The van der Waals surface area contributed by atoms with E-state index < -0.39 is 0 Å². The molecular formula is C22H30O2. The Morgan fingerprint density at radius 1 is 0.667 bits per heavy atom. The van der Waals surface area contributed by atoms with Crippen molar-refractivity contribution in [1.82, 2.24) is 0 Å². The molecule has 0 unspecified atom stereocenters. The van der Waals surface area contributed by atoms with Gasteiger partial charge in [-0.05, 0) is 18.9 Å². The normalized spacial score (nSPS) is 9.75. The molecule has 0 radical (unpaired) electrons. The molecule has 0 aliphatic rings. The lowest BCUT2D eigenvalue weighted by Gasteiger charge is -2.01. The molecule has 1 rings (SSSR count). The van der Waals surface area contributed by atoms with Gasteiger partial charge in [-0.1, -0.05) is 76.1 Å². The average molecular weight is 326 g/mol. The Hall–Kier alpha value is -2.06. The van der Waals surface area contributed by atoms with Gasteiger partial charge < -0.3 is 10.2 Å². The van der Waals surface area contributed by atoms with E-state index in [4.69, 9.17) is 0 Å². The van der Waals surface area contributed by atoms with Crippen LogP contribution >= 0.6 is 0 Å². The SMILES string of the molecule is CCCCCCC#Cc1cc(C#CCCCCCC)c(O)cc1O. The molecule has 130 valence electrons. The van der Waals surface area contributed by atoms with Gasteiger partial charge in [0.05, 0.1) is 11.1 Å². The maximum atomic E-state index is 9.91. The average Bonchev–Trinajstić information content (AvgIpc) is 2.57. The summed E-state index contributed by atoms with van der Waals surface area (Å²) in [7, 11) is 0. The van der Waals surface area contributed by atoms with Crippen molar-refractivity contribution >= 4 is 0 Å². The molecule has 0 saturated carbocycles. The predicted octanol–water partition coefficient (Wildman–Crippen LogP) is 5.74. The zero-order valence-corrected chi connectivity index (χ0v) is 15.1. The largest absolute Gasteiger partial charge is 0.507 e. The summed E-state index contributed by atoms with van der Waals surface area (Å²) in [5.41, 5.74) is 1.08. The molecule has 1 aromatic carbocycles. The Labute approximate surface area is 147 Å². The Morgan fingerprint density at radius 2 is 1.12 bits per heavy atom. The minimum Gasteiger partial charge on any atom is -0.507 e. The Morgan fingerprint density at radius 3 is 1.54 bits per heavy atom. The van der Waals surface area contributed by atoms with Crippen LogP contribution in [0.4, 0.5) is 0 Å². The molecule has 0 heterocycles. The maximum absolute atomic E-state index is 9.91. The molecule has 0 aliphatic carbocycles. The van der Waals surface area contributed by atoms with Gasteiger partial charge in [-0.3, -0.25) is 0 Å². The number of phenols is 2. The highest BCUT2D eigenvalue weighted by atomic mass is 16.3.